The van der Waals surface area contributed by atoms with E-state index in [2.05, 4.69) is 10.2 Å². The lowest BCUT2D eigenvalue weighted by atomic mass is 10.2. The van der Waals surface area contributed by atoms with Crippen LogP contribution in [-0.2, 0) is 9.53 Å². The number of rotatable bonds is 3. The van der Waals surface area contributed by atoms with Gasteiger partial charge in [-0.05, 0) is 18.2 Å². The van der Waals surface area contributed by atoms with Crippen molar-refractivity contribution in [3.63, 3.8) is 0 Å². The highest BCUT2D eigenvalue weighted by Gasteiger charge is 2.24. The third kappa shape index (κ3) is 4.04. The molecule has 2 aliphatic rings. The Kier molecular flexibility index (Phi) is 5.79. The molecule has 1 unspecified atom stereocenters. The Bertz CT molecular complexity index is 532. The van der Waals surface area contributed by atoms with Gasteiger partial charge in [0.2, 0.25) is 5.91 Å². The maximum Gasteiger partial charge on any atom is 0.238 e. The van der Waals surface area contributed by atoms with Crippen LogP contribution in [0.25, 0.3) is 0 Å². The molecule has 120 valence electrons. The molecule has 2 aliphatic heterocycles. The maximum atomic E-state index is 12.5. The van der Waals surface area contributed by atoms with Gasteiger partial charge in [0, 0.05) is 35.4 Å². The smallest absolute Gasteiger partial charge is 0.238 e. The van der Waals surface area contributed by atoms with Gasteiger partial charge in [0.1, 0.15) is 0 Å². The van der Waals surface area contributed by atoms with Gasteiger partial charge in [-0.3, -0.25) is 4.79 Å². The number of morpholine rings is 1. The standard InChI is InChI=1S/C15H19ClN2O2S2/c16-11-1-2-13(18-3-5-20-6-4-18)12(9-11)17-15(19)14-10-21-7-8-22-14/h1-2,9,14H,3-8,10H2,(H,17,19). The van der Waals surface area contributed by atoms with E-state index < -0.39 is 0 Å². The predicted octanol–water partition coefficient (Wildman–Crippen LogP) is 2.96. The molecular formula is C15H19ClN2O2S2. The van der Waals surface area contributed by atoms with Crippen LogP contribution in [0.3, 0.4) is 0 Å². The summed E-state index contributed by atoms with van der Waals surface area (Å²) in [6, 6.07) is 5.68. The number of carbonyl (C=O) groups is 1. The van der Waals surface area contributed by atoms with Gasteiger partial charge in [-0.25, -0.2) is 0 Å². The third-order valence-electron chi connectivity index (χ3n) is 3.68. The number of hydrogen-bond acceptors (Lipinski definition) is 5. The van der Waals surface area contributed by atoms with Crippen molar-refractivity contribution in [1.29, 1.82) is 0 Å². The van der Waals surface area contributed by atoms with E-state index in [9.17, 15) is 4.79 Å². The molecule has 2 saturated heterocycles. The molecule has 3 rings (SSSR count). The summed E-state index contributed by atoms with van der Waals surface area (Å²) in [5, 5.41) is 3.74. The van der Waals surface area contributed by atoms with Crippen LogP contribution in [0, 0.1) is 0 Å². The number of amides is 1. The van der Waals surface area contributed by atoms with E-state index in [1.54, 1.807) is 11.8 Å². The first kappa shape index (κ1) is 16.3. The van der Waals surface area contributed by atoms with E-state index in [0.717, 1.165) is 41.7 Å². The van der Waals surface area contributed by atoms with E-state index in [-0.39, 0.29) is 11.2 Å². The first-order valence-electron chi connectivity index (χ1n) is 7.36. The number of benzene rings is 1. The van der Waals surface area contributed by atoms with E-state index in [1.807, 2.05) is 30.0 Å². The van der Waals surface area contributed by atoms with Crippen molar-refractivity contribution >= 4 is 52.4 Å². The van der Waals surface area contributed by atoms with E-state index in [0.29, 0.717) is 18.2 Å². The molecule has 4 nitrogen and oxygen atoms in total. The number of thioether (sulfide) groups is 2. The normalized spacial score (nSPS) is 22.4. The average Bonchev–Trinajstić information content (AvgIpc) is 2.56. The molecular weight excluding hydrogens is 340 g/mol. The second-order valence-corrected chi connectivity index (χ2v) is 8.08. The number of halogens is 1. The van der Waals surface area contributed by atoms with Gasteiger partial charge < -0.3 is 15.0 Å². The Labute approximate surface area is 144 Å². The van der Waals surface area contributed by atoms with Gasteiger partial charge in [0.25, 0.3) is 0 Å². The van der Waals surface area contributed by atoms with Gasteiger partial charge in [0.15, 0.2) is 0 Å². The number of nitrogens with one attached hydrogen (secondary N) is 1. The lowest BCUT2D eigenvalue weighted by molar-refractivity contribution is -0.115. The molecule has 1 aromatic rings. The largest absolute Gasteiger partial charge is 0.378 e. The molecule has 2 heterocycles. The number of nitrogens with zero attached hydrogens (tertiary/aromatic N) is 1. The highest BCUT2D eigenvalue weighted by molar-refractivity contribution is 8.07. The monoisotopic (exact) mass is 358 g/mol. The van der Waals surface area contributed by atoms with Crippen LogP contribution in [0.5, 0.6) is 0 Å². The number of ether oxygens (including phenoxy) is 1. The zero-order valence-electron chi connectivity index (χ0n) is 12.2. The molecule has 0 aromatic heterocycles. The van der Waals surface area contributed by atoms with Crippen LogP contribution >= 0.6 is 35.1 Å². The fourth-order valence-electron chi connectivity index (χ4n) is 2.54. The first-order valence-corrected chi connectivity index (χ1v) is 9.94. The quantitative estimate of drug-likeness (QED) is 0.899. The SMILES string of the molecule is O=C(Nc1cc(Cl)ccc1N1CCOCC1)C1CSCCS1. The highest BCUT2D eigenvalue weighted by atomic mass is 35.5. The van der Waals surface area contributed by atoms with Gasteiger partial charge >= 0.3 is 0 Å². The van der Waals surface area contributed by atoms with Crippen molar-refractivity contribution in [1.82, 2.24) is 0 Å². The Morgan fingerprint density at radius 1 is 1.32 bits per heavy atom. The lowest BCUT2D eigenvalue weighted by Gasteiger charge is -2.31. The number of carbonyl (C=O) groups excluding carboxylic acids is 1. The maximum absolute atomic E-state index is 12.5. The van der Waals surface area contributed by atoms with E-state index >= 15 is 0 Å². The van der Waals surface area contributed by atoms with Gasteiger partial charge in [0.05, 0.1) is 29.8 Å². The van der Waals surface area contributed by atoms with Crippen LogP contribution in [0.15, 0.2) is 18.2 Å². The zero-order chi connectivity index (χ0) is 15.4. The van der Waals surface area contributed by atoms with Crippen molar-refractivity contribution in [2.75, 3.05) is 53.8 Å². The summed E-state index contributed by atoms with van der Waals surface area (Å²) < 4.78 is 5.40. The molecule has 1 aromatic carbocycles. The summed E-state index contributed by atoms with van der Waals surface area (Å²) in [5.74, 6) is 3.12. The van der Waals surface area contributed by atoms with Gasteiger partial charge in [-0.2, -0.15) is 11.8 Å². The molecule has 2 fully saturated rings. The van der Waals surface area contributed by atoms with E-state index in [4.69, 9.17) is 16.3 Å². The molecule has 0 radical (unpaired) electrons. The minimum Gasteiger partial charge on any atom is -0.378 e. The first-order chi connectivity index (χ1) is 10.7. The van der Waals surface area contributed by atoms with Crippen molar-refractivity contribution in [2.45, 2.75) is 5.25 Å². The predicted molar refractivity (Wildman–Crippen MR) is 96.7 cm³/mol. The summed E-state index contributed by atoms with van der Waals surface area (Å²) in [4.78, 5) is 14.7. The zero-order valence-corrected chi connectivity index (χ0v) is 14.6. The second kappa shape index (κ2) is 7.81. The van der Waals surface area contributed by atoms with Gasteiger partial charge in [-0.1, -0.05) is 11.6 Å². The summed E-state index contributed by atoms with van der Waals surface area (Å²) in [5.41, 5.74) is 1.82. The molecule has 0 bridgehead atoms. The van der Waals surface area contributed by atoms with Crippen LogP contribution in [0.2, 0.25) is 5.02 Å². The van der Waals surface area contributed by atoms with Crippen LogP contribution < -0.4 is 10.2 Å². The second-order valence-electron chi connectivity index (χ2n) is 5.18. The molecule has 1 N–H and O–H groups in total. The summed E-state index contributed by atoms with van der Waals surface area (Å²) in [6.07, 6.45) is 0. The summed E-state index contributed by atoms with van der Waals surface area (Å²) in [7, 11) is 0. The van der Waals surface area contributed by atoms with Crippen molar-refractivity contribution < 1.29 is 9.53 Å². The van der Waals surface area contributed by atoms with Gasteiger partial charge in [-0.15, -0.1) is 11.8 Å². The average molecular weight is 359 g/mol. The van der Waals surface area contributed by atoms with E-state index in [1.165, 1.54) is 0 Å². The molecule has 1 amide bonds. The molecule has 1 atom stereocenters. The molecule has 22 heavy (non-hydrogen) atoms. The molecule has 0 spiro atoms. The topological polar surface area (TPSA) is 41.6 Å². The molecule has 7 heteroatoms. The Morgan fingerprint density at radius 2 is 2.14 bits per heavy atom. The van der Waals surface area contributed by atoms with Crippen molar-refractivity contribution in [3.05, 3.63) is 23.2 Å². The Balaban J connectivity index is 1.76. The minimum atomic E-state index is 0.0234. The number of anilines is 2. The molecule has 0 aliphatic carbocycles. The Morgan fingerprint density at radius 3 is 2.86 bits per heavy atom. The summed E-state index contributed by atoms with van der Waals surface area (Å²) >= 11 is 9.70. The van der Waals surface area contributed by atoms with Crippen LogP contribution in [0.4, 0.5) is 11.4 Å². The molecule has 0 saturated carbocycles. The lowest BCUT2D eigenvalue weighted by Crippen LogP contribution is -2.37. The summed E-state index contributed by atoms with van der Waals surface area (Å²) in [6.45, 7) is 3.09. The van der Waals surface area contributed by atoms with Crippen LogP contribution in [0.1, 0.15) is 0 Å². The Hall–Kier alpha value is -0.560. The number of hydrogen-bond donors (Lipinski definition) is 1. The minimum absolute atomic E-state index is 0.0234. The van der Waals surface area contributed by atoms with Crippen molar-refractivity contribution in [3.8, 4) is 0 Å². The van der Waals surface area contributed by atoms with Crippen molar-refractivity contribution in [2.24, 2.45) is 0 Å². The highest BCUT2D eigenvalue weighted by Crippen LogP contribution is 2.31. The fourth-order valence-corrected chi connectivity index (χ4v) is 5.27. The van der Waals surface area contributed by atoms with Crippen LogP contribution in [-0.4, -0.2) is 54.7 Å². The third-order valence-corrected chi connectivity index (χ3v) is 6.67. The fraction of sp³-hybridized carbons (Fsp3) is 0.533.